The van der Waals surface area contributed by atoms with Gasteiger partial charge in [0, 0.05) is 11.3 Å². The molecule has 2 aromatic heterocycles. The van der Waals surface area contributed by atoms with Crippen LogP contribution in [0, 0.1) is 6.92 Å². The molecule has 0 aliphatic rings. The summed E-state index contributed by atoms with van der Waals surface area (Å²) < 4.78 is 6.42. The van der Waals surface area contributed by atoms with Crippen LogP contribution in [-0.4, -0.2) is 28.2 Å². The van der Waals surface area contributed by atoms with Crippen molar-refractivity contribution in [2.24, 2.45) is 0 Å². The minimum atomic E-state index is -0.477. The van der Waals surface area contributed by atoms with E-state index in [1.807, 2.05) is 13.0 Å². The summed E-state index contributed by atoms with van der Waals surface area (Å²) in [4.78, 5) is 28.8. The molecule has 0 spiro atoms. The third-order valence-corrected chi connectivity index (χ3v) is 3.47. The number of aryl methyl sites for hydroxylation is 1. The van der Waals surface area contributed by atoms with Gasteiger partial charge in [0.1, 0.15) is 0 Å². The molecule has 0 atom stereocenters. The van der Waals surface area contributed by atoms with Crippen LogP contribution >= 0.6 is 0 Å². The van der Waals surface area contributed by atoms with Crippen molar-refractivity contribution in [3.05, 3.63) is 71.3 Å². The fourth-order valence-corrected chi connectivity index (χ4v) is 2.38. The maximum Gasteiger partial charge on any atom is 0.340 e. The Kier molecular flexibility index (Phi) is 3.47. The summed E-state index contributed by atoms with van der Waals surface area (Å²) in [6, 6.07) is 12.2. The van der Waals surface area contributed by atoms with E-state index in [4.69, 9.17) is 4.74 Å². The topological polar surface area (TPSA) is 60.7 Å². The fraction of sp³-hybridized carbons (Fsp3) is 0.118. The monoisotopic (exact) mass is 294 g/mol. The molecular weight excluding hydrogens is 280 g/mol. The van der Waals surface area contributed by atoms with Crippen LogP contribution < -0.4 is 0 Å². The highest BCUT2D eigenvalue weighted by molar-refractivity contribution is 6.11. The summed E-state index contributed by atoms with van der Waals surface area (Å²) in [5, 5.41) is 0. The lowest BCUT2D eigenvalue weighted by molar-refractivity contribution is 0.0603. The number of hydrogen-bond donors (Lipinski definition) is 0. The maximum absolute atomic E-state index is 12.7. The number of nitrogens with zero attached hydrogens (tertiary/aromatic N) is 2. The van der Waals surface area contributed by atoms with Crippen molar-refractivity contribution in [2.45, 2.75) is 6.92 Å². The minimum absolute atomic E-state index is 0.170. The first-order chi connectivity index (χ1) is 10.6. The summed E-state index contributed by atoms with van der Waals surface area (Å²) in [6.07, 6.45) is 1.55. The van der Waals surface area contributed by atoms with E-state index in [1.165, 1.54) is 7.11 Å². The second-order valence-corrected chi connectivity index (χ2v) is 4.92. The van der Waals surface area contributed by atoms with Crippen LogP contribution in [0.3, 0.4) is 0 Å². The number of fused-ring (bicyclic) bond motifs is 1. The minimum Gasteiger partial charge on any atom is -0.465 e. The molecule has 5 nitrogen and oxygen atoms in total. The number of rotatable bonds is 3. The number of carbonyl (C=O) groups excluding carboxylic acids is 2. The molecule has 3 aromatic rings. The van der Waals surface area contributed by atoms with Crippen molar-refractivity contribution in [3.8, 4) is 0 Å². The molecule has 0 aliphatic heterocycles. The van der Waals surface area contributed by atoms with Gasteiger partial charge in [0.25, 0.3) is 0 Å². The van der Waals surface area contributed by atoms with E-state index in [1.54, 1.807) is 47.1 Å². The molecule has 3 rings (SSSR count). The molecule has 0 amide bonds. The van der Waals surface area contributed by atoms with Gasteiger partial charge in [-0.25, -0.2) is 9.78 Å². The number of esters is 1. The molecule has 0 bridgehead atoms. The van der Waals surface area contributed by atoms with Gasteiger partial charge in [-0.15, -0.1) is 0 Å². The number of hydrogen-bond acceptors (Lipinski definition) is 4. The van der Waals surface area contributed by atoms with Crippen molar-refractivity contribution in [3.63, 3.8) is 0 Å². The first kappa shape index (κ1) is 14.0. The second-order valence-electron chi connectivity index (χ2n) is 4.92. The van der Waals surface area contributed by atoms with Gasteiger partial charge in [0.05, 0.1) is 30.2 Å². The SMILES string of the molecule is COC(=O)c1cc(C(=O)c2ccccc2)n2cnc(C)cc12. The van der Waals surface area contributed by atoms with E-state index in [9.17, 15) is 9.59 Å². The lowest BCUT2D eigenvalue weighted by Gasteiger charge is -2.03. The molecular formula is C17H14N2O3. The van der Waals surface area contributed by atoms with Crippen LogP contribution in [0.25, 0.3) is 5.52 Å². The molecule has 2 heterocycles. The van der Waals surface area contributed by atoms with E-state index in [2.05, 4.69) is 4.98 Å². The Balaban J connectivity index is 2.22. The largest absolute Gasteiger partial charge is 0.465 e. The molecule has 5 heteroatoms. The zero-order valence-electron chi connectivity index (χ0n) is 12.2. The average Bonchev–Trinajstić information content (AvgIpc) is 2.93. The highest BCUT2D eigenvalue weighted by atomic mass is 16.5. The van der Waals surface area contributed by atoms with E-state index in [0.717, 1.165) is 5.69 Å². The fourth-order valence-electron chi connectivity index (χ4n) is 2.38. The lowest BCUT2D eigenvalue weighted by atomic mass is 10.1. The van der Waals surface area contributed by atoms with Gasteiger partial charge in [0.2, 0.25) is 5.78 Å². The molecule has 0 radical (unpaired) electrons. The van der Waals surface area contributed by atoms with Crippen LogP contribution in [0.4, 0.5) is 0 Å². The summed E-state index contributed by atoms with van der Waals surface area (Å²) in [5.41, 5.74) is 2.66. The Labute approximate surface area is 127 Å². The number of methoxy groups -OCH3 is 1. The van der Waals surface area contributed by atoms with E-state index in [-0.39, 0.29) is 5.78 Å². The number of benzene rings is 1. The van der Waals surface area contributed by atoms with Gasteiger partial charge in [-0.1, -0.05) is 30.3 Å². The predicted octanol–water partition coefficient (Wildman–Crippen LogP) is 2.66. The first-order valence-corrected chi connectivity index (χ1v) is 6.77. The van der Waals surface area contributed by atoms with E-state index in [0.29, 0.717) is 22.3 Å². The van der Waals surface area contributed by atoms with Crippen molar-refractivity contribution in [2.75, 3.05) is 7.11 Å². The molecule has 0 N–H and O–H groups in total. The number of aromatic nitrogens is 2. The van der Waals surface area contributed by atoms with Crippen LogP contribution in [0.1, 0.15) is 32.1 Å². The smallest absolute Gasteiger partial charge is 0.340 e. The third kappa shape index (κ3) is 2.26. The molecule has 0 saturated carbocycles. The molecule has 110 valence electrons. The van der Waals surface area contributed by atoms with E-state index < -0.39 is 5.97 Å². The van der Waals surface area contributed by atoms with Gasteiger partial charge in [0.15, 0.2) is 0 Å². The Hall–Kier alpha value is -2.95. The zero-order chi connectivity index (χ0) is 15.7. The first-order valence-electron chi connectivity index (χ1n) is 6.77. The highest BCUT2D eigenvalue weighted by Gasteiger charge is 2.21. The number of ketones is 1. The van der Waals surface area contributed by atoms with Crippen LogP contribution in [-0.2, 0) is 4.74 Å². The molecule has 0 saturated heterocycles. The van der Waals surface area contributed by atoms with Gasteiger partial charge >= 0.3 is 5.97 Å². The molecule has 22 heavy (non-hydrogen) atoms. The second kappa shape index (κ2) is 5.44. The van der Waals surface area contributed by atoms with Crippen molar-refractivity contribution >= 4 is 17.3 Å². The number of carbonyl (C=O) groups is 2. The predicted molar refractivity (Wildman–Crippen MR) is 81.1 cm³/mol. The Morgan fingerprint density at radius 3 is 2.55 bits per heavy atom. The summed E-state index contributed by atoms with van der Waals surface area (Å²) in [5.74, 6) is -0.647. The normalized spacial score (nSPS) is 10.6. The third-order valence-electron chi connectivity index (χ3n) is 3.47. The quantitative estimate of drug-likeness (QED) is 0.550. The zero-order valence-corrected chi connectivity index (χ0v) is 12.2. The standard InChI is InChI=1S/C17H14N2O3/c1-11-8-14-13(17(21)22-2)9-15(19(14)10-18-11)16(20)12-6-4-3-5-7-12/h3-10H,1-2H3. The Morgan fingerprint density at radius 2 is 1.86 bits per heavy atom. The maximum atomic E-state index is 12.7. The van der Waals surface area contributed by atoms with Crippen molar-refractivity contribution in [1.82, 2.24) is 9.38 Å². The Bertz CT molecular complexity index is 866. The van der Waals surface area contributed by atoms with Gasteiger partial charge in [-0.05, 0) is 19.1 Å². The summed E-state index contributed by atoms with van der Waals surface area (Å²) in [7, 11) is 1.32. The highest BCUT2D eigenvalue weighted by Crippen LogP contribution is 2.21. The van der Waals surface area contributed by atoms with E-state index >= 15 is 0 Å². The van der Waals surface area contributed by atoms with Gasteiger partial charge < -0.3 is 4.74 Å². The van der Waals surface area contributed by atoms with Gasteiger partial charge in [-0.3, -0.25) is 9.20 Å². The van der Waals surface area contributed by atoms with Crippen LogP contribution in [0.15, 0.2) is 48.8 Å². The molecule has 0 fully saturated rings. The molecule has 0 unspecified atom stereocenters. The lowest BCUT2D eigenvalue weighted by Crippen LogP contribution is -2.05. The Morgan fingerprint density at radius 1 is 1.14 bits per heavy atom. The van der Waals surface area contributed by atoms with Gasteiger partial charge in [-0.2, -0.15) is 0 Å². The number of ether oxygens (including phenoxy) is 1. The summed E-state index contributed by atoms with van der Waals surface area (Å²) >= 11 is 0. The molecule has 0 aliphatic carbocycles. The van der Waals surface area contributed by atoms with Crippen LogP contribution in [0.5, 0.6) is 0 Å². The van der Waals surface area contributed by atoms with Crippen molar-refractivity contribution < 1.29 is 14.3 Å². The average molecular weight is 294 g/mol. The molecule has 1 aromatic carbocycles. The van der Waals surface area contributed by atoms with Crippen molar-refractivity contribution in [1.29, 1.82) is 0 Å². The summed E-state index contributed by atoms with van der Waals surface area (Å²) in [6.45, 7) is 1.83. The van der Waals surface area contributed by atoms with Crippen LogP contribution in [0.2, 0.25) is 0 Å².